The van der Waals surface area contributed by atoms with E-state index >= 15 is 0 Å². The Hall–Kier alpha value is -2.49. The maximum atomic E-state index is 13.9. The number of sulfonamides is 1. The monoisotopic (exact) mass is 615 g/mol. The van der Waals surface area contributed by atoms with Crippen LogP contribution >= 0.6 is 46.4 Å². The Morgan fingerprint density at radius 1 is 0.868 bits per heavy atom. The van der Waals surface area contributed by atoms with Gasteiger partial charge in [0.05, 0.1) is 20.6 Å². The summed E-state index contributed by atoms with van der Waals surface area (Å²) in [6, 6.07) is 16.1. The second kappa shape index (κ2) is 13.0. The molecule has 0 unspecified atom stereocenters. The molecule has 0 saturated heterocycles. The molecule has 1 atom stereocenters. The number of nitrogens with zero attached hydrogens (tertiary/aromatic N) is 2. The van der Waals surface area contributed by atoms with Crippen molar-refractivity contribution in [1.82, 2.24) is 10.2 Å². The summed E-state index contributed by atoms with van der Waals surface area (Å²) in [6.45, 7) is 0.930. The fourth-order valence-electron chi connectivity index (χ4n) is 3.86. The summed E-state index contributed by atoms with van der Waals surface area (Å²) < 4.78 is 28.5. The Balaban J connectivity index is 2.13. The van der Waals surface area contributed by atoms with Crippen molar-refractivity contribution < 1.29 is 18.0 Å². The van der Waals surface area contributed by atoms with Crippen molar-refractivity contribution in [3.05, 3.63) is 92.4 Å². The summed E-state index contributed by atoms with van der Waals surface area (Å²) >= 11 is 25.4. The van der Waals surface area contributed by atoms with Crippen LogP contribution in [0.1, 0.15) is 18.9 Å². The minimum absolute atomic E-state index is 0.0140. The molecule has 3 rings (SSSR count). The van der Waals surface area contributed by atoms with E-state index in [1.165, 1.54) is 42.3 Å². The van der Waals surface area contributed by atoms with Crippen LogP contribution in [0.2, 0.25) is 20.1 Å². The van der Waals surface area contributed by atoms with E-state index in [1.54, 1.807) is 43.3 Å². The van der Waals surface area contributed by atoms with Crippen molar-refractivity contribution >= 4 is 73.9 Å². The van der Waals surface area contributed by atoms with Crippen LogP contribution in [0.15, 0.2) is 71.6 Å². The SMILES string of the molecule is CC[C@H](C(=O)NC)N(Cc1c(Cl)cccc1Cl)C(=O)CN(c1cccc(Cl)c1Cl)S(=O)(=O)c1ccccc1. The fourth-order valence-corrected chi connectivity index (χ4v) is 6.27. The lowest BCUT2D eigenvalue weighted by Crippen LogP contribution is -2.51. The third kappa shape index (κ3) is 6.55. The molecule has 0 saturated carbocycles. The van der Waals surface area contributed by atoms with Crippen molar-refractivity contribution in [3.8, 4) is 0 Å². The number of likely N-dealkylation sites (N-methyl/N-ethyl adjacent to an activating group) is 1. The van der Waals surface area contributed by atoms with E-state index in [1.807, 2.05) is 0 Å². The van der Waals surface area contributed by atoms with E-state index in [0.717, 1.165) is 4.31 Å². The van der Waals surface area contributed by atoms with Crippen LogP contribution in [0, 0.1) is 0 Å². The highest BCUT2D eigenvalue weighted by atomic mass is 35.5. The van der Waals surface area contributed by atoms with Crippen LogP contribution in [-0.2, 0) is 26.2 Å². The van der Waals surface area contributed by atoms with Crippen molar-refractivity contribution in [2.75, 3.05) is 17.9 Å². The molecule has 0 heterocycles. The van der Waals surface area contributed by atoms with Gasteiger partial charge in [0.25, 0.3) is 10.0 Å². The molecule has 202 valence electrons. The zero-order valence-electron chi connectivity index (χ0n) is 20.5. The molecule has 2 amide bonds. The van der Waals surface area contributed by atoms with Gasteiger partial charge in [0.2, 0.25) is 11.8 Å². The van der Waals surface area contributed by atoms with Gasteiger partial charge in [-0.3, -0.25) is 13.9 Å². The van der Waals surface area contributed by atoms with Gasteiger partial charge in [-0.25, -0.2) is 8.42 Å². The van der Waals surface area contributed by atoms with E-state index < -0.39 is 34.4 Å². The second-order valence-electron chi connectivity index (χ2n) is 8.16. The van der Waals surface area contributed by atoms with Crippen LogP contribution in [0.4, 0.5) is 5.69 Å². The summed E-state index contributed by atoms with van der Waals surface area (Å²) in [7, 11) is -2.83. The van der Waals surface area contributed by atoms with E-state index in [-0.39, 0.29) is 33.6 Å². The van der Waals surface area contributed by atoms with Crippen LogP contribution in [0.25, 0.3) is 0 Å². The molecule has 0 aliphatic carbocycles. The number of carbonyl (C=O) groups excluding carboxylic acids is 2. The molecule has 0 aromatic heterocycles. The predicted octanol–water partition coefficient (Wildman–Crippen LogP) is 6.05. The number of hydrogen-bond donors (Lipinski definition) is 1. The van der Waals surface area contributed by atoms with E-state index in [9.17, 15) is 18.0 Å². The molecule has 3 aromatic rings. The van der Waals surface area contributed by atoms with Gasteiger partial charge in [-0.1, -0.05) is 83.7 Å². The lowest BCUT2D eigenvalue weighted by atomic mass is 10.1. The number of anilines is 1. The maximum Gasteiger partial charge on any atom is 0.264 e. The lowest BCUT2D eigenvalue weighted by Gasteiger charge is -2.33. The van der Waals surface area contributed by atoms with E-state index in [4.69, 9.17) is 46.4 Å². The predicted molar refractivity (Wildman–Crippen MR) is 153 cm³/mol. The molecule has 38 heavy (non-hydrogen) atoms. The third-order valence-corrected chi connectivity index (χ3v) is 9.12. The van der Waals surface area contributed by atoms with Crippen LogP contribution < -0.4 is 9.62 Å². The van der Waals surface area contributed by atoms with Gasteiger partial charge in [-0.2, -0.15) is 0 Å². The Labute approximate surface area is 242 Å². The molecule has 0 aliphatic heterocycles. The average molecular weight is 617 g/mol. The number of rotatable bonds is 10. The minimum Gasteiger partial charge on any atom is -0.357 e. The quantitative estimate of drug-likeness (QED) is 0.300. The van der Waals surface area contributed by atoms with Crippen LogP contribution in [-0.4, -0.2) is 44.8 Å². The lowest BCUT2D eigenvalue weighted by molar-refractivity contribution is -0.140. The highest BCUT2D eigenvalue weighted by Gasteiger charge is 2.34. The standard InChI is InChI=1S/C26H25Cl4N3O4S/c1-3-22(26(35)31-2)32(15-18-19(27)11-7-12-20(18)28)24(34)16-33(23-14-8-13-21(29)25(23)30)38(36,37)17-9-5-4-6-10-17/h4-14,22H,3,15-16H2,1-2H3,(H,31,35)/t22-/m1/s1. The second-order valence-corrected chi connectivity index (χ2v) is 11.6. The molecule has 12 heteroatoms. The number of hydrogen-bond acceptors (Lipinski definition) is 4. The normalized spacial score (nSPS) is 12.1. The number of amides is 2. The molecular weight excluding hydrogens is 592 g/mol. The molecule has 0 radical (unpaired) electrons. The topological polar surface area (TPSA) is 86.8 Å². The van der Waals surface area contributed by atoms with Gasteiger partial charge in [-0.05, 0) is 42.8 Å². The number of benzene rings is 3. The summed E-state index contributed by atoms with van der Waals surface area (Å²) in [4.78, 5) is 27.9. The molecule has 0 spiro atoms. The van der Waals surface area contributed by atoms with Gasteiger partial charge in [0.15, 0.2) is 0 Å². The minimum atomic E-state index is -4.28. The zero-order valence-corrected chi connectivity index (χ0v) is 24.3. The summed E-state index contributed by atoms with van der Waals surface area (Å²) in [6.07, 6.45) is 0.247. The van der Waals surface area contributed by atoms with Crippen molar-refractivity contribution in [2.45, 2.75) is 30.8 Å². The summed E-state index contributed by atoms with van der Waals surface area (Å²) in [5, 5.41) is 3.23. The number of halogens is 4. The highest BCUT2D eigenvalue weighted by molar-refractivity contribution is 7.92. The van der Waals surface area contributed by atoms with Gasteiger partial charge >= 0.3 is 0 Å². The third-order valence-electron chi connectivity index (χ3n) is 5.83. The Bertz CT molecular complexity index is 1400. The molecule has 0 aliphatic rings. The molecular formula is C26H25Cl4N3O4S. The highest BCUT2D eigenvalue weighted by Crippen LogP contribution is 2.36. The van der Waals surface area contributed by atoms with Gasteiger partial charge in [0.1, 0.15) is 12.6 Å². The molecule has 3 aromatic carbocycles. The van der Waals surface area contributed by atoms with Crippen molar-refractivity contribution in [1.29, 1.82) is 0 Å². The summed E-state index contributed by atoms with van der Waals surface area (Å²) in [5.74, 6) is -1.10. The smallest absolute Gasteiger partial charge is 0.264 e. The van der Waals surface area contributed by atoms with Gasteiger partial charge < -0.3 is 10.2 Å². The van der Waals surface area contributed by atoms with Gasteiger partial charge in [-0.15, -0.1) is 0 Å². The van der Waals surface area contributed by atoms with Gasteiger partial charge in [0, 0.05) is 29.2 Å². The zero-order chi connectivity index (χ0) is 28.0. The average Bonchev–Trinajstić information content (AvgIpc) is 2.90. The number of nitrogens with one attached hydrogen (secondary N) is 1. The molecule has 0 fully saturated rings. The molecule has 1 N–H and O–H groups in total. The fraction of sp³-hybridized carbons (Fsp3) is 0.231. The maximum absolute atomic E-state index is 13.9. The molecule has 7 nitrogen and oxygen atoms in total. The first-order valence-electron chi connectivity index (χ1n) is 11.5. The first kappa shape index (κ1) is 30.1. The first-order valence-corrected chi connectivity index (χ1v) is 14.4. The Morgan fingerprint density at radius 3 is 2.03 bits per heavy atom. The Kier molecular flexibility index (Phi) is 10.3. The molecule has 0 bridgehead atoms. The van der Waals surface area contributed by atoms with Crippen molar-refractivity contribution in [2.24, 2.45) is 0 Å². The summed E-state index contributed by atoms with van der Waals surface area (Å²) in [5.41, 5.74) is 0.435. The van der Waals surface area contributed by atoms with E-state index in [2.05, 4.69) is 5.32 Å². The first-order chi connectivity index (χ1) is 18.0. The Morgan fingerprint density at radius 2 is 1.45 bits per heavy atom. The van der Waals surface area contributed by atoms with Crippen LogP contribution in [0.3, 0.4) is 0 Å². The number of carbonyl (C=O) groups is 2. The van der Waals surface area contributed by atoms with E-state index in [0.29, 0.717) is 15.6 Å². The largest absolute Gasteiger partial charge is 0.357 e. The van der Waals surface area contributed by atoms with Crippen molar-refractivity contribution in [3.63, 3.8) is 0 Å². The van der Waals surface area contributed by atoms with Crippen LogP contribution in [0.5, 0.6) is 0 Å².